The van der Waals surface area contributed by atoms with Gasteiger partial charge in [-0.25, -0.2) is 0 Å². The minimum atomic E-state index is -0.172. The lowest BCUT2D eigenvalue weighted by atomic mass is 10.1. The van der Waals surface area contributed by atoms with Gasteiger partial charge in [0.05, 0.1) is 23.8 Å². The molecule has 0 radical (unpaired) electrons. The minimum Gasteiger partial charge on any atom is -0.376 e. The average Bonchev–Trinajstić information content (AvgIpc) is 3.23. The van der Waals surface area contributed by atoms with Crippen molar-refractivity contribution in [2.75, 3.05) is 39.8 Å². The summed E-state index contributed by atoms with van der Waals surface area (Å²) in [4.78, 5) is 18.8. The molecule has 0 saturated carbocycles. The van der Waals surface area contributed by atoms with Crippen LogP contribution in [0.3, 0.4) is 0 Å². The van der Waals surface area contributed by atoms with E-state index in [1.807, 2.05) is 18.2 Å². The normalized spacial score (nSPS) is 16.0. The molecular weight excluding hydrogens is 527 g/mol. The predicted molar refractivity (Wildman–Crippen MR) is 136 cm³/mol. The van der Waals surface area contributed by atoms with E-state index in [4.69, 9.17) is 16.3 Å². The molecule has 1 aliphatic rings. The molecule has 0 bridgehead atoms. The molecule has 1 aliphatic heterocycles. The second-order valence-corrected chi connectivity index (χ2v) is 7.72. The lowest BCUT2D eigenvalue weighted by Gasteiger charge is -2.22. The van der Waals surface area contributed by atoms with Crippen LogP contribution in [0.4, 0.5) is 0 Å². The van der Waals surface area contributed by atoms with E-state index >= 15 is 0 Å². The van der Waals surface area contributed by atoms with Crippen molar-refractivity contribution >= 4 is 47.4 Å². The van der Waals surface area contributed by atoms with Gasteiger partial charge in [0.25, 0.3) is 5.91 Å². The zero-order chi connectivity index (χ0) is 21.2. The van der Waals surface area contributed by atoms with Gasteiger partial charge in [-0.2, -0.15) is 0 Å². The molecule has 0 aromatic heterocycles. The Kier molecular flexibility index (Phi) is 11.1. The first-order valence-corrected chi connectivity index (χ1v) is 10.6. The van der Waals surface area contributed by atoms with Crippen LogP contribution >= 0.6 is 35.6 Å². The van der Waals surface area contributed by atoms with E-state index in [9.17, 15) is 4.79 Å². The molecular formula is C23H30ClIN4O2. The fourth-order valence-corrected chi connectivity index (χ4v) is 3.72. The molecule has 1 unspecified atom stereocenters. The summed E-state index contributed by atoms with van der Waals surface area (Å²) in [6, 6.07) is 17.3. The third-order valence-corrected chi connectivity index (χ3v) is 5.40. The third-order valence-electron chi connectivity index (χ3n) is 5.07. The Labute approximate surface area is 206 Å². The fourth-order valence-electron chi connectivity index (χ4n) is 3.50. The summed E-state index contributed by atoms with van der Waals surface area (Å²) >= 11 is 6.06. The average molecular weight is 557 g/mol. The summed E-state index contributed by atoms with van der Waals surface area (Å²) in [6.45, 7) is 4.34. The summed E-state index contributed by atoms with van der Waals surface area (Å²) in [5.74, 6) is 1.17. The molecule has 31 heavy (non-hydrogen) atoms. The SMILES string of the molecule is CN=C(NCCNC(=O)c1ccccc1Cl)N1CCC(COCc2ccccc2)C1.I. The van der Waals surface area contributed by atoms with Gasteiger partial charge in [0, 0.05) is 39.1 Å². The number of rotatable bonds is 8. The molecule has 0 aliphatic carbocycles. The molecule has 2 aromatic rings. The van der Waals surface area contributed by atoms with E-state index in [1.54, 1.807) is 31.3 Å². The van der Waals surface area contributed by atoms with Crippen molar-refractivity contribution in [1.82, 2.24) is 15.5 Å². The van der Waals surface area contributed by atoms with E-state index in [0.29, 0.717) is 36.2 Å². The minimum absolute atomic E-state index is 0. The highest BCUT2D eigenvalue weighted by atomic mass is 127. The topological polar surface area (TPSA) is 66.0 Å². The van der Waals surface area contributed by atoms with E-state index in [-0.39, 0.29) is 29.9 Å². The Bertz CT molecular complexity index is 850. The number of ether oxygens (including phenoxy) is 1. The van der Waals surface area contributed by atoms with Crippen molar-refractivity contribution in [3.63, 3.8) is 0 Å². The largest absolute Gasteiger partial charge is 0.376 e. The Morgan fingerprint density at radius 1 is 1.13 bits per heavy atom. The van der Waals surface area contributed by atoms with Gasteiger partial charge in [-0.1, -0.05) is 54.1 Å². The summed E-state index contributed by atoms with van der Waals surface area (Å²) in [5, 5.41) is 6.66. The van der Waals surface area contributed by atoms with Crippen molar-refractivity contribution in [1.29, 1.82) is 0 Å². The van der Waals surface area contributed by atoms with Crippen LogP contribution in [-0.4, -0.2) is 56.6 Å². The molecule has 3 rings (SSSR count). The van der Waals surface area contributed by atoms with Crippen molar-refractivity contribution in [2.24, 2.45) is 10.9 Å². The van der Waals surface area contributed by atoms with Crippen molar-refractivity contribution < 1.29 is 9.53 Å². The molecule has 168 valence electrons. The third kappa shape index (κ3) is 7.97. The van der Waals surface area contributed by atoms with Gasteiger partial charge in [-0.3, -0.25) is 9.79 Å². The molecule has 2 aromatic carbocycles. The van der Waals surface area contributed by atoms with Gasteiger partial charge in [-0.15, -0.1) is 24.0 Å². The predicted octanol–water partition coefficient (Wildman–Crippen LogP) is 3.80. The number of nitrogens with zero attached hydrogens (tertiary/aromatic N) is 2. The fraction of sp³-hybridized carbons (Fsp3) is 0.391. The highest BCUT2D eigenvalue weighted by Crippen LogP contribution is 2.17. The Balaban J connectivity index is 0.00000341. The van der Waals surface area contributed by atoms with Crippen molar-refractivity contribution in [3.05, 3.63) is 70.7 Å². The smallest absolute Gasteiger partial charge is 0.252 e. The number of likely N-dealkylation sites (tertiary alicyclic amines) is 1. The van der Waals surface area contributed by atoms with E-state index < -0.39 is 0 Å². The number of benzene rings is 2. The van der Waals surface area contributed by atoms with Crippen LogP contribution in [0.15, 0.2) is 59.6 Å². The summed E-state index contributed by atoms with van der Waals surface area (Å²) in [6.07, 6.45) is 1.08. The number of hydrogen-bond acceptors (Lipinski definition) is 3. The zero-order valence-corrected chi connectivity index (χ0v) is 20.8. The maximum atomic E-state index is 12.2. The molecule has 8 heteroatoms. The monoisotopic (exact) mass is 556 g/mol. The molecule has 1 atom stereocenters. The van der Waals surface area contributed by atoms with Crippen LogP contribution in [0, 0.1) is 5.92 Å². The van der Waals surface area contributed by atoms with E-state index in [0.717, 1.165) is 32.1 Å². The van der Waals surface area contributed by atoms with E-state index in [1.165, 1.54) is 5.56 Å². The molecule has 0 spiro atoms. The van der Waals surface area contributed by atoms with Gasteiger partial charge < -0.3 is 20.3 Å². The van der Waals surface area contributed by atoms with Crippen LogP contribution in [-0.2, 0) is 11.3 Å². The lowest BCUT2D eigenvalue weighted by molar-refractivity contribution is 0.0906. The Morgan fingerprint density at radius 3 is 2.58 bits per heavy atom. The summed E-state index contributed by atoms with van der Waals surface area (Å²) in [5.41, 5.74) is 1.69. The molecule has 1 saturated heterocycles. The first kappa shape index (κ1) is 25.4. The van der Waals surface area contributed by atoms with Crippen LogP contribution in [0.1, 0.15) is 22.3 Å². The summed E-state index contributed by atoms with van der Waals surface area (Å²) in [7, 11) is 1.78. The summed E-state index contributed by atoms with van der Waals surface area (Å²) < 4.78 is 5.90. The maximum absolute atomic E-state index is 12.2. The first-order chi connectivity index (χ1) is 14.7. The van der Waals surface area contributed by atoms with Gasteiger partial charge >= 0.3 is 0 Å². The molecule has 1 heterocycles. The van der Waals surface area contributed by atoms with E-state index in [2.05, 4.69) is 32.7 Å². The lowest BCUT2D eigenvalue weighted by Crippen LogP contribution is -2.43. The number of aliphatic imine (C=N–C) groups is 1. The second kappa shape index (κ2) is 13.5. The highest BCUT2D eigenvalue weighted by Gasteiger charge is 2.24. The second-order valence-electron chi connectivity index (χ2n) is 7.31. The number of nitrogens with one attached hydrogen (secondary N) is 2. The number of hydrogen-bond donors (Lipinski definition) is 2. The van der Waals surface area contributed by atoms with Crippen molar-refractivity contribution in [3.8, 4) is 0 Å². The molecule has 6 nitrogen and oxygen atoms in total. The van der Waals surface area contributed by atoms with Gasteiger partial charge in [0.1, 0.15) is 0 Å². The molecule has 1 fully saturated rings. The Hall–Kier alpha value is -1.84. The van der Waals surface area contributed by atoms with Gasteiger partial charge in [0.2, 0.25) is 0 Å². The van der Waals surface area contributed by atoms with Crippen LogP contribution in [0.2, 0.25) is 5.02 Å². The van der Waals surface area contributed by atoms with Gasteiger partial charge in [0.15, 0.2) is 5.96 Å². The number of amides is 1. The standard InChI is InChI=1S/C23H29ClN4O2.HI/c1-25-23(27-13-12-26-22(29)20-9-5-6-10-21(20)24)28-14-11-19(15-28)17-30-16-18-7-3-2-4-8-18;/h2-10,19H,11-17H2,1H3,(H,25,27)(H,26,29);1H. The van der Waals surface area contributed by atoms with Crippen LogP contribution < -0.4 is 10.6 Å². The van der Waals surface area contributed by atoms with Crippen LogP contribution in [0.25, 0.3) is 0 Å². The maximum Gasteiger partial charge on any atom is 0.252 e. The molecule has 1 amide bonds. The number of carbonyl (C=O) groups excluding carboxylic acids is 1. The van der Waals surface area contributed by atoms with Gasteiger partial charge in [-0.05, 0) is 24.1 Å². The zero-order valence-electron chi connectivity index (χ0n) is 17.7. The number of guanidine groups is 1. The first-order valence-electron chi connectivity index (χ1n) is 10.3. The molecule has 2 N–H and O–H groups in total. The highest BCUT2D eigenvalue weighted by molar-refractivity contribution is 14.0. The quantitative estimate of drug-likeness (QED) is 0.225. The number of halogens is 2. The van der Waals surface area contributed by atoms with Crippen molar-refractivity contribution in [2.45, 2.75) is 13.0 Å². The van der Waals surface area contributed by atoms with Crippen LogP contribution in [0.5, 0.6) is 0 Å². The number of carbonyl (C=O) groups is 1. The Morgan fingerprint density at radius 2 is 1.84 bits per heavy atom.